The summed E-state index contributed by atoms with van der Waals surface area (Å²) in [6.45, 7) is 3.47. The van der Waals surface area contributed by atoms with Crippen molar-refractivity contribution in [2.75, 3.05) is 6.79 Å². The van der Waals surface area contributed by atoms with Crippen LogP contribution in [0.1, 0.15) is 25.5 Å². The van der Waals surface area contributed by atoms with Gasteiger partial charge in [-0.25, -0.2) is 4.99 Å². The molecule has 2 heterocycles. The molecule has 0 radical (unpaired) electrons. The minimum absolute atomic E-state index is 0.0765. The molecule has 0 bridgehead atoms. The first-order valence-electron chi connectivity index (χ1n) is 6.71. The molecule has 0 aliphatic carbocycles. The Balaban J connectivity index is 2.05. The molecule has 112 valence electrons. The second-order valence-electron chi connectivity index (χ2n) is 4.95. The topological polar surface area (TPSA) is 95.7 Å². The number of rotatable bonds is 2. The van der Waals surface area contributed by atoms with Crippen LogP contribution in [0.15, 0.2) is 34.5 Å². The molecule has 0 amide bonds. The van der Waals surface area contributed by atoms with E-state index in [4.69, 9.17) is 14.7 Å². The quantitative estimate of drug-likeness (QED) is 0.632. The minimum atomic E-state index is -0.496. The highest BCUT2D eigenvalue weighted by molar-refractivity contribution is 5.98. The van der Waals surface area contributed by atoms with Crippen molar-refractivity contribution in [3.8, 4) is 17.7 Å². The number of hydrogen-bond donors (Lipinski definition) is 2. The summed E-state index contributed by atoms with van der Waals surface area (Å²) in [7, 11) is 0. The van der Waals surface area contributed by atoms with Gasteiger partial charge in [-0.2, -0.15) is 5.26 Å². The SMILES string of the molecule is CC(=O)C1=C(C)NC(NC#N)=NC1c1ccc2c(c1)OCO2. The third kappa shape index (κ3) is 2.35. The number of benzene rings is 1. The number of fused-ring (bicyclic) bond motifs is 1. The number of nitrogens with one attached hydrogen (secondary N) is 2. The predicted octanol–water partition coefficient (Wildman–Crippen LogP) is 1.35. The van der Waals surface area contributed by atoms with Gasteiger partial charge in [-0.3, -0.25) is 10.1 Å². The number of nitrogens with zero attached hydrogens (tertiary/aromatic N) is 2. The van der Waals surface area contributed by atoms with Gasteiger partial charge in [-0.15, -0.1) is 0 Å². The Morgan fingerprint density at radius 2 is 2.23 bits per heavy atom. The third-order valence-corrected chi connectivity index (χ3v) is 3.51. The lowest BCUT2D eigenvalue weighted by molar-refractivity contribution is -0.114. The van der Waals surface area contributed by atoms with E-state index in [1.807, 2.05) is 18.3 Å². The van der Waals surface area contributed by atoms with Gasteiger partial charge in [0.2, 0.25) is 12.8 Å². The fourth-order valence-corrected chi connectivity index (χ4v) is 2.57. The number of allylic oxidation sites excluding steroid dienone is 1. The third-order valence-electron chi connectivity index (χ3n) is 3.51. The van der Waals surface area contributed by atoms with Crippen molar-refractivity contribution in [3.05, 3.63) is 35.0 Å². The van der Waals surface area contributed by atoms with E-state index in [-0.39, 0.29) is 12.6 Å². The Kier molecular flexibility index (Phi) is 3.43. The number of aliphatic imine (C=N–C) groups is 1. The van der Waals surface area contributed by atoms with Crippen LogP contribution in [0, 0.1) is 11.5 Å². The molecule has 1 unspecified atom stereocenters. The van der Waals surface area contributed by atoms with Gasteiger partial charge in [-0.1, -0.05) is 6.07 Å². The van der Waals surface area contributed by atoms with Crippen LogP contribution < -0.4 is 20.1 Å². The number of carbonyl (C=O) groups excluding carboxylic acids is 1. The summed E-state index contributed by atoms with van der Waals surface area (Å²) in [5.74, 6) is 1.53. The van der Waals surface area contributed by atoms with Crippen LogP contribution in [0.25, 0.3) is 0 Å². The molecular formula is C15H14N4O3. The van der Waals surface area contributed by atoms with Crippen LogP contribution in [0.5, 0.6) is 11.5 Å². The van der Waals surface area contributed by atoms with E-state index in [2.05, 4.69) is 15.6 Å². The number of ketones is 1. The molecule has 0 spiro atoms. The number of carbonyl (C=O) groups is 1. The first kappa shape index (κ1) is 13.9. The zero-order valence-electron chi connectivity index (χ0n) is 12.1. The van der Waals surface area contributed by atoms with E-state index in [0.29, 0.717) is 28.7 Å². The van der Waals surface area contributed by atoms with Gasteiger partial charge < -0.3 is 14.8 Å². The van der Waals surface area contributed by atoms with Gasteiger partial charge in [0.25, 0.3) is 0 Å². The molecule has 2 N–H and O–H groups in total. The Hall–Kier alpha value is -3.01. The Bertz CT molecular complexity index is 746. The average Bonchev–Trinajstić information content (AvgIpc) is 2.93. The van der Waals surface area contributed by atoms with Gasteiger partial charge in [-0.05, 0) is 31.5 Å². The summed E-state index contributed by atoms with van der Waals surface area (Å²) < 4.78 is 10.7. The molecule has 2 aliphatic rings. The lowest BCUT2D eigenvalue weighted by atomic mass is 9.93. The number of nitriles is 1. The fourth-order valence-electron chi connectivity index (χ4n) is 2.57. The summed E-state index contributed by atoms with van der Waals surface area (Å²) in [5, 5.41) is 14.2. The molecule has 0 saturated heterocycles. The van der Waals surface area contributed by atoms with E-state index in [0.717, 1.165) is 5.56 Å². The summed E-state index contributed by atoms with van der Waals surface area (Å²) in [6.07, 6.45) is 1.82. The first-order valence-corrected chi connectivity index (χ1v) is 6.71. The summed E-state index contributed by atoms with van der Waals surface area (Å²) >= 11 is 0. The van der Waals surface area contributed by atoms with Crippen LogP contribution in [0.3, 0.4) is 0 Å². The van der Waals surface area contributed by atoms with Gasteiger partial charge in [0.05, 0.1) is 0 Å². The molecule has 0 saturated carbocycles. The molecule has 7 heteroatoms. The molecule has 0 fully saturated rings. The summed E-state index contributed by atoms with van der Waals surface area (Å²) in [4.78, 5) is 16.4. The summed E-state index contributed by atoms with van der Waals surface area (Å²) in [6, 6.07) is 4.94. The molecule has 3 rings (SSSR count). The molecule has 2 aliphatic heterocycles. The zero-order chi connectivity index (χ0) is 15.7. The Morgan fingerprint density at radius 3 is 2.95 bits per heavy atom. The van der Waals surface area contributed by atoms with Crippen molar-refractivity contribution in [2.24, 2.45) is 4.99 Å². The lowest BCUT2D eigenvalue weighted by Crippen LogP contribution is -2.38. The van der Waals surface area contributed by atoms with E-state index < -0.39 is 6.04 Å². The van der Waals surface area contributed by atoms with Crippen LogP contribution in [0.2, 0.25) is 0 Å². The van der Waals surface area contributed by atoms with Gasteiger partial charge in [0.15, 0.2) is 23.5 Å². The molecule has 22 heavy (non-hydrogen) atoms. The highest BCUT2D eigenvalue weighted by Crippen LogP contribution is 2.38. The summed E-state index contributed by atoms with van der Waals surface area (Å²) in [5.41, 5.74) is 2.03. The van der Waals surface area contributed by atoms with Crippen LogP contribution in [-0.4, -0.2) is 18.5 Å². The average molecular weight is 298 g/mol. The van der Waals surface area contributed by atoms with Crippen molar-refractivity contribution in [1.82, 2.24) is 10.6 Å². The van der Waals surface area contributed by atoms with Crippen LogP contribution in [-0.2, 0) is 4.79 Å². The van der Waals surface area contributed by atoms with Crippen LogP contribution >= 0.6 is 0 Å². The maximum Gasteiger partial charge on any atom is 0.231 e. The van der Waals surface area contributed by atoms with Gasteiger partial charge in [0.1, 0.15) is 6.04 Å². The van der Waals surface area contributed by atoms with E-state index >= 15 is 0 Å². The molecule has 1 atom stereocenters. The number of Topliss-reactive ketones (excluding diaryl/α,β-unsaturated/α-hetero) is 1. The minimum Gasteiger partial charge on any atom is -0.454 e. The Labute approximate surface area is 127 Å². The Morgan fingerprint density at radius 1 is 1.45 bits per heavy atom. The number of ether oxygens (including phenoxy) is 2. The van der Waals surface area contributed by atoms with Crippen molar-refractivity contribution in [1.29, 1.82) is 5.26 Å². The van der Waals surface area contributed by atoms with Crippen molar-refractivity contribution >= 4 is 11.7 Å². The second kappa shape index (κ2) is 5.41. The highest BCUT2D eigenvalue weighted by atomic mass is 16.7. The largest absolute Gasteiger partial charge is 0.454 e. The molecule has 1 aromatic carbocycles. The van der Waals surface area contributed by atoms with Gasteiger partial charge >= 0.3 is 0 Å². The van der Waals surface area contributed by atoms with Crippen molar-refractivity contribution in [3.63, 3.8) is 0 Å². The maximum absolute atomic E-state index is 12.0. The molecular weight excluding hydrogens is 284 g/mol. The number of guanidine groups is 1. The predicted molar refractivity (Wildman–Crippen MR) is 78.0 cm³/mol. The lowest BCUT2D eigenvalue weighted by Gasteiger charge is -2.25. The zero-order valence-corrected chi connectivity index (χ0v) is 12.1. The maximum atomic E-state index is 12.0. The van der Waals surface area contributed by atoms with Crippen molar-refractivity contribution in [2.45, 2.75) is 19.9 Å². The highest BCUT2D eigenvalue weighted by Gasteiger charge is 2.28. The number of hydrogen-bond acceptors (Lipinski definition) is 7. The normalized spacial score (nSPS) is 19.1. The second-order valence-corrected chi connectivity index (χ2v) is 4.95. The van der Waals surface area contributed by atoms with Crippen LogP contribution in [0.4, 0.5) is 0 Å². The smallest absolute Gasteiger partial charge is 0.231 e. The molecule has 1 aromatic rings. The van der Waals surface area contributed by atoms with E-state index in [1.165, 1.54) is 6.92 Å². The first-order chi connectivity index (χ1) is 10.6. The van der Waals surface area contributed by atoms with Crippen molar-refractivity contribution < 1.29 is 14.3 Å². The van der Waals surface area contributed by atoms with E-state index in [1.54, 1.807) is 13.0 Å². The van der Waals surface area contributed by atoms with E-state index in [9.17, 15) is 4.79 Å². The van der Waals surface area contributed by atoms with Gasteiger partial charge in [0, 0.05) is 11.3 Å². The standard InChI is InChI=1S/C15H14N4O3/c1-8-13(9(2)20)14(19-15(18-8)17-6-16)10-3-4-11-12(5-10)22-7-21-11/h3-5,14H,7H2,1-2H3,(H2,17,18,19). The fraction of sp³-hybridized carbons (Fsp3) is 0.267. The molecule has 0 aromatic heterocycles. The monoisotopic (exact) mass is 298 g/mol. The molecule has 7 nitrogen and oxygen atoms in total.